The van der Waals surface area contributed by atoms with Crippen LogP contribution in [0.4, 0.5) is 22.7 Å². The molecule has 3 N–H and O–H groups in total. The van der Waals surface area contributed by atoms with E-state index in [9.17, 15) is 10.1 Å². The number of rotatable bonds is 5. The smallest absolute Gasteiger partial charge is 0.294 e. The molecule has 0 aliphatic rings. The lowest BCUT2D eigenvalue weighted by Crippen LogP contribution is -2.01. The first-order valence-electron chi connectivity index (χ1n) is 6.14. The predicted octanol–water partition coefficient (Wildman–Crippen LogP) is 3.32. The van der Waals surface area contributed by atoms with Gasteiger partial charge in [0.15, 0.2) is 0 Å². The number of para-hydroxylation sites is 2. The highest BCUT2D eigenvalue weighted by molar-refractivity contribution is 5.75. The van der Waals surface area contributed by atoms with Crippen molar-refractivity contribution in [3.63, 3.8) is 0 Å². The Kier molecular flexibility index (Phi) is 4.05. The molecule has 0 atom stereocenters. The standard InChI is InChI=1S/C14H15N3O3/c1-2-20-14-6-4-3-5-12(14)16-11-8-7-10(15)9-13(11)17(18)19/h3-9,16H,2,15H2,1H3. The third kappa shape index (κ3) is 2.97. The molecule has 0 aliphatic carbocycles. The van der Waals surface area contributed by atoms with Crippen molar-refractivity contribution in [1.82, 2.24) is 0 Å². The molecule has 20 heavy (non-hydrogen) atoms. The average molecular weight is 273 g/mol. The van der Waals surface area contributed by atoms with Gasteiger partial charge in [-0.25, -0.2) is 0 Å². The first-order chi connectivity index (χ1) is 9.61. The molecule has 6 nitrogen and oxygen atoms in total. The van der Waals surface area contributed by atoms with Gasteiger partial charge in [0, 0.05) is 11.8 Å². The lowest BCUT2D eigenvalue weighted by Gasteiger charge is -2.12. The number of nitrogens with one attached hydrogen (secondary N) is 1. The van der Waals surface area contributed by atoms with E-state index in [2.05, 4.69) is 5.32 Å². The molecule has 6 heteroatoms. The summed E-state index contributed by atoms with van der Waals surface area (Å²) >= 11 is 0. The first-order valence-corrected chi connectivity index (χ1v) is 6.14. The van der Waals surface area contributed by atoms with Crippen molar-refractivity contribution in [3.8, 4) is 5.75 Å². The van der Waals surface area contributed by atoms with Gasteiger partial charge in [0.05, 0.1) is 17.2 Å². The van der Waals surface area contributed by atoms with Crippen LogP contribution >= 0.6 is 0 Å². The van der Waals surface area contributed by atoms with E-state index in [-0.39, 0.29) is 5.69 Å². The third-order valence-corrected chi connectivity index (χ3v) is 2.67. The van der Waals surface area contributed by atoms with Gasteiger partial charge in [0.1, 0.15) is 11.4 Å². The van der Waals surface area contributed by atoms with Crippen molar-refractivity contribution in [2.75, 3.05) is 17.7 Å². The van der Waals surface area contributed by atoms with Crippen molar-refractivity contribution in [2.24, 2.45) is 0 Å². The maximum Gasteiger partial charge on any atom is 0.294 e. The number of nitro groups is 1. The Labute approximate surface area is 116 Å². The molecule has 0 saturated heterocycles. The van der Waals surface area contributed by atoms with Crippen molar-refractivity contribution < 1.29 is 9.66 Å². The fourth-order valence-electron chi connectivity index (χ4n) is 1.80. The molecule has 2 aromatic carbocycles. The highest BCUT2D eigenvalue weighted by atomic mass is 16.6. The van der Waals surface area contributed by atoms with E-state index in [0.29, 0.717) is 29.4 Å². The van der Waals surface area contributed by atoms with Crippen molar-refractivity contribution in [3.05, 3.63) is 52.6 Å². The SMILES string of the molecule is CCOc1ccccc1Nc1ccc(N)cc1[N+](=O)[O-]. The Morgan fingerprint density at radius 3 is 2.70 bits per heavy atom. The van der Waals surface area contributed by atoms with Crippen LogP contribution in [0.3, 0.4) is 0 Å². The highest BCUT2D eigenvalue weighted by Gasteiger charge is 2.15. The summed E-state index contributed by atoms with van der Waals surface area (Å²) in [6, 6.07) is 11.8. The zero-order chi connectivity index (χ0) is 14.5. The monoisotopic (exact) mass is 273 g/mol. The molecule has 0 radical (unpaired) electrons. The molecular weight excluding hydrogens is 258 g/mol. The summed E-state index contributed by atoms with van der Waals surface area (Å²) < 4.78 is 5.48. The van der Waals surface area contributed by atoms with Crippen LogP contribution in [0.1, 0.15) is 6.92 Å². The summed E-state index contributed by atoms with van der Waals surface area (Å²) in [5.74, 6) is 0.640. The summed E-state index contributed by atoms with van der Waals surface area (Å²) in [7, 11) is 0. The quantitative estimate of drug-likeness (QED) is 0.495. The zero-order valence-electron chi connectivity index (χ0n) is 11.0. The molecule has 0 aliphatic heterocycles. The molecule has 0 bridgehead atoms. The summed E-state index contributed by atoms with van der Waals surface area (Å²) in [6.07, 6.45) is 0. The number of nitro benzene ring substituents is 1. The van der Waals surface area contributed by atoms with Gasteiger partial charge in [0.2, 0.25) is 0 Å². The van der Waals surface area contributed by atoms with Gasteiger partial charge >= 0.3 is 0 Å². The van der Waals surface area contributed by atoms with E-state index in [4.69, 9.17) is 10.5 Å². The van der Waals surface area contributed by atoms with Crippen LogP contribution < -0.4 is 15.8 Å². The number of benzene rings is 2. The largest absolute Gasteiger partial charge is 0.492 e. The van der Waals surface area contributed by atoms with Gasteiger partial charge in [-0.2, -0.15) is 0 Å². The predicted molar refractivity (Wildman–Crippen MR) is 78.4 cm³/mol. The van der Waals surface area contributed by atoms with Gasteiger partial charge in [-0.3, -0.25) is 10.1 Å². The number of anilines is 3. The Morgan fingerprint density at radius 1 is 1.25 bits per heavy atom. The Morgan fingerprint density at radius 2 is 2.00 bits per heavy atom. The zero-order valence-corrected chi connectivity index (χ0v) is 11.0. The molecule has 0 saturated carbocycles. The minimum absolute atomic E-state index is 0.0729. The maximum atomic E-state index is 11.1. The molecule has 2 aromatic rings. The average Bonchev–Trinajstić information content (AvgIpc) is 2.43. The first kappa shape index (κ1) is 13.7. The number of nitrogen functional groups attached to an aromatic ring is 1. The second kappa shape index (κ2) is 5.92. The van der Waals surface area contributed by atoms with Crippen LogP contribution in [0.15, 0.2) is 42.5 Å². The van der Waals surface area contributed by atoms with E-state index in [0.717, 1.165) is 0 Å². The third-order valence-electron chi connectivity index (χ3n) is 2.67. The lowest BCUT2D eigenvalue weighted by molar-refractivity contribution is -0.383. The topological polar surface area (TPSA) is 90.4 Å². The fourth-order valence-corrected chi connectivity index (χ4v) is 1.80. The minimum Gasteiger partial charge on any atom is -0.492 e. The summed E-state index contributed by atoms with van der Waals surface area (Å²) in [4.78, 5) is 10.6. The van der Waals surface area contributed by atoms with Gasteiger partial charge in [0.25, 0.3) is 5.69 Å². The van der Waals surface area contributed by atoms with Crippen LogP contribution in [0.5, 0.6) is 5.75 Å². The highest BCUT2D eigenvalue weighted by Crippen LogP contribution is 2.33. The maximum absolute atomic E-state index is 11.1. The number of ether oxygens (including phenoxy) is 1. The van der Waals surface area contributed by atoms with Crippen LogP contribution in [0.25, 0.3) is 0 Å². The van der Waals surface area contributed by atoms with Crippen LogP contribution in [-0.2, 0) is 0 Å². The molecular formula is C14H15N3O3. The van der Waals surface area contributed by atoms with Crippen LogP contribution in [-0.4, -0.2) is 11.5 Å². The number of nitrogens with zero attached hydrogens (tertiary/aromatic N) is 1. The normalized spacial score (nSPS) is 10.1. The molecule has 0 amide bonds. The molecule has 0 heterocycles. The van der Waals surface area contributed by atoms with Crippen molar-refractivity contribution in [1.29, 1.82) is 0 Å². The second-order valence-corrected chi connectivity index (χ2v) is 4.09. The number of nitrogens with two attached hydrogens (primary N) is 1. The molecule has 0 aromatic heterocycles. The van der Waals surface area contributed by atoms with E-state index < -0.39 is 4.92 Å². The van der Waals surface area contributed by atoms with Crippen LogP contribution in [0.2, 0.25) is 0 Å². The molecule has 0 fully saturated rings. The van der Waals surface area contributed by atoms with Gasteiger partial charge in [-0.05, 0) is 31.2 Å². The minimum atomic E-state index is -0.470. The summed E-state index contributed by atoms with van der Waals surface area (Å²) in [5, 5.41) is 14.1. The van der Waals surface area contributed by atoms with Gasteiger partial charge < -0.3 is 15.8 Å². The van der Waals surface area contributed by atoms with E-state index in [1.165, 1.54) is 6.07 Å². The molecule has 104 valence electrons. The molecule has 2 rings (SSSR count). The lowest BCUT2D eigenvalue weighted by atomic mass is 10.2. The van der Waals surface area contributed by atoms with Gasteiger partial charge in [-0.15, -0.1) is 0 Å². The number of hydrogen-bond donors (Lipinski definition) is 2. The number of hydrogen-bond acceptors (Lipinski definition) is 5. The van der Waals surface area contributed by atoms with E-state index >= 15 is 0 Å². The fraction of sp³-hybridized carbons (Fsp3) is 0.143. The van der Waals surface area contributed by atoms with Crippen molar-refractivity contribution in [2.45, 2.75) is 6.92 Å². The Balaban J connectivity index is 2.37. The van der Waals surface area contributed by atoms with Gasteiger partial charge in [-0.1, -0.05) is 12.1 Å². The Bertz CT molecular complexity index is 629. The van der Waals surface area contributed by atoms with E-state index in [1.54, 1.807) is 24.3 Å². The van der Waals surface area contributed by atoms with Crippen molar-refractivity contribution >= 4 is 22.7 Å². The Hall–Kier alpha value is -2.76. The van der Waals surface area contributed by atoms with Crippen LogP contribution in [0, 0.1) is 10.1 Å². The summed E-state index contributed by atoms with van der Waals surface area (Å²) in [6.45, 7) is 2.39. The summed E-state index contributed by atoms with van der Waals surface area (Å²) in [5.41, 5.74) is 6.89. The molecule has 0 spiro atoms. The second-order valence-electron chi connectivity index (χ2n) is 4.09. The van der Waals surface area contributed by atoms with E-state index in [1.807, 2.05) is 19.1 Å². The molecule has 0 unspecified atom stereocenters.